The Morgan fingerprint density at radius 1 is 0.662 bits per heavy atom. The molecular weight excluding hydrogens is 901 g/mol. The molecule has 0 aliphatic carbocycles. The molecule has 1 aromatic carbocycles. The average Bonchev–Trinajstić information content (AvgIpc) is 3.62. The predicted molar refractivity (Wildman–Crippen MR) is 240 cm³/mol. The van der Waals surface area contributed by atoms with Crippen LogP contribution in [0.4, 0.5) is 10.5 Å². The normalized spacial score (nSPS) is 17.6. The number of carbonyl (C=O) groups is 7. The number of nitrogens with zero attached hydrogens (tertiary/aromatic N) is 2. The van der Waals surface area contributed by atoms with Crippen molar-refractivity contribution in [3.63, 3.8) is 0 Å². The van der Waals surface area contributed by atoms with Gasteiger partial charge in [-0.05, 0) is 68.7 Å². The van der Waals surface area contributed by atoms with Crippen LogP contribution in [0.2, 0.25) is 0 Å². The summed E-state index contributed by atoms with van der Waals surface area (Å²) in [5, 5.41) is 114. The fourth-order valence-electron chi connectivity index (χ4n) is 6.94. The fourth-order valence-corrected chi connectivity index (χ4v) is 6.94. The van der Waals surface area contributed by atoms with Crippen LogP contribution < -0.4 is 32.3 Å². The van der Waals surface area contributed by atoms with Crippen LogP contribution >= 0.6 is 0 Å². The molecule has 68 heavy (non-hydrogen) atoms. The Kier molecular flexibility index (Phi) is 25.7. The first-order valence-corrected chi connectivity index (χ1v) is 22.3. The molecule has 1 aliphatic rings. The van der Waals surface area contributed by atoms with Gasteiger partial charge in [-0.1, -0.05) is 32.9 Å². The summed E-state index contributed by atoms with van der Waals surface area (Å²) in [5.74, 6) is -5.38. The molecule has 0 fully saturated rings. The number of carbonyl (C=O) groups excluding carboxylic acids is 7. The van der Waals surface area contributed by atoms with Crippen molar-refractivity contribution in [1.82, 2.24) is 31.1 Å². The number of nitrogens with one attached hydrogen (secondary N) is 5. The highest BCUT2D eigenvalue weighted by molar-refractivity contribution is 6.14. The number of imide groups is 1. The van der Waals surface area contributed by atoms with Crippen molar-refractivity contribution in [1.29, 1.82) is 0 Å². The van der Waals surface area contributed by atoms with Crippen molar-refractivity contribution in [2.24, 2.45) is 11.7 Å². The molecule has 0 spiro atoms. The van der Waals surface area contributed by atoms with Gasteiger partial charge in [0.05, 0.1) is 25.4 Å². The highest BCUT2D eigenvalue weighted by atomic mass is 16.4. The number of urea groups is 1. The van der Waals surface area contributed by atoms with Crippen LogP contribution in [0, 0.1) is 5.92 Å². The molecule has 1 heterocycles. The smallest absolute Gasteiger partial charge is 0.312 e. The van der Waals surface area contributed by atoms with E-state index in [9.17, 15) is 84.6 Å². The lowest BCUT2D eigenvalue weighted by molar-refractivity contribution is -0.141. The average molecular weight is 971 g/mol. The third-order valence-corrected chi connectivity index (χ3v) is 11.1. The van der Waals surface area contributed by atoms with Gasteiger partial charge < -0.3 is 83.4 Å². The van der Waals surface area contributed by atoms with Gasteiger partial charge in [0.25, 0.3) is 11.8 Å². The van der Waals surface area contributed by atoms with E-state index in [2.05, 4.69) is 26.6 Å². The van der Waals surface area contributed by atoms with E-state index >= 15 is 0 Å². The van der Waals surface area contributed by atoms with Gasteiger partial charge in [-0.25, -0.2) is 4.79 Å². The molecule has 8 amide bonds. The summed E-state index contributed by atoms with van der Waals surface area (Å²) < 4.78 is 0. The molecule has 0 saturated carbocycles. The Morgan fingerprint density at radius 3 is 1.65 bits per heavy atom. The maximum atomic E-state index is 14.1. The summed E-state index contributed by atoms with van der Waals surface area (Å²) in [5.41, 5.74) is 6.63. The molecule has 11 atom stereocenters. The van der Waals surface area contributed by atoms with Gasteiger partial charge in [-0.15, -0.1) is 0 Å². The lowest BCUT2D eigenvalue weighted by atomic mass is 10.00. The molecule has 1 aromatic rings. The Labute approximate surface area is 393 Å². The zero-order valence-corrected chi connectivity index (χ0v) is 38.4. The van der Waals surface area contributed by atoms with E-state index in [0.717, 1.165) is 24.1 Å². The summed E-state index contributed by atoms with van der Waals surface area (Å²) in [6.45, 7) is 1.28. The molecule has 0 aromatic heterocycles. The van der Waals surface area contributed by atoms with E-state index in [-0.39, 0.29) is 45.2 Å². The van der Waals surface area contributed by atoms with Crippen LogP contribution in [0.15, 0.2) is 36.4 Å². The van der Waals surface area contributed by atoms with E-state index in [1.807, 2.05) is 19.1 Å². The first-order valence-electron chi connectivity index (χ1n) is 22.3. The Morgan fingerprint density at radius 2 is 1.16 bits per heavy atom. The summed E-state index contributed by atoms with van der Waals surface area (Å²) in [6.07, 6.45) is -12.7. The van der Waals surface area contributed by atoms with E-state index < -0.39 is 147 Å². The summed E-state index contributed by atoms with van der Waals surface area (Å²) >= 11 is 0. The predicted octanol–water partition coefficient (Wildman–Crippen LogP) is -5.98. The third-order valence-electron chi connectivity index (χ3n) is 11.1. The number of hydrogen-bond donors (Lipinski definition) is 16. The van der Waals surface area contributed by atoms with Crippen LogP contribution in [-0.2, 0) is 35.2 Å². The number of amides is 8. The molecule has 0 saturated heterocycles. The molecule has 25 nitrogen and oxygen atoms in total. The molecule has 0 unspecified atom stereocenters. The highest BCUT2D eigenvalue weighted by Gasteiger charge is 2.36. The minimum atomic E-state index is -2.04. The van der Waals surface area contributed by atoms with Crippen LogP contribution in [0.25, 0.3) is 0 Å². The zero-order valence-electron chi connectivity index (χ0n) is 38.4. The number of unbranched alkanes of at least 4 members (excludes halogenated alkanes) is 1. The van der Waals surface area contributed by atoms with Crippen LogP contribution in [-0.4, -0.2) is 215 Å². The number of benzene rings is 1. The minimum Gasteiger partial charge on any atom is -0.394 e. The van der Waals surface area contributed by atoms with Gasteiger partial charge in [-0.3, -0.25) is 38.6 Å². The lowest BCUT2D eigenvalue weighted by Crippen LogP contribution is -2.58. The molecule has 17 N–H and O–H groups in total. The molecule has 2 rings (SSSR count). The zero-order chi connectivity index (χ0) is 51.2. The SMILES string of the molecule is CCc1ccc(NC(=O)[C@H](CCCNC(N)=O)NC(=O)[C@@H](NC(=O)[C@H](CCCCN(C[C@H](O)[C@@H](O)[C@H](O)[C@H](O)CO)C[C@H](O)[C@@H](O)[C@H](O)[C@H](O)CO)NC(=O)CN2C(=O)C=CC2=O)C(C)C)cc1. The van der Waals surface area contributed by atoms with Gasteiger partial charge >= 0.3 is 6.03 Å². The molecule has 25 heteroatoms. The number of aryl methyl sites for hydroxylation is 1. The van der Waals surface area contributed by atoms with Crippen molar-refractivity contribution >= 4 is 47.2 Å². The van der Waals surface area contributed by atoms with Gasteiger partial charge in [-0.2, -0.15) is 0 Å². The Bertz CT molecular complexity index is 1780. The highest BCUT2D eigenvalue weighted by Crippen LogP contribution is 2.15. The molecular formula is C43H70N8O17. The second kappa shape index (κ2) is 29.6. The van der Waals surface area contributed by atoms with E-state index in [4.69, 9.17) is 5.73 Å². The second-order valence-electron chi connectivity index (χ2n) is 16.8. The molecule has 384 valence electrons. The molecule has 0 bridgehead atoms. The van der Waals surface area contributed by atoms with Gasteiger partial charge in [0.15, 0.2) is 0 Å². The minimum absolute atomic E-state index is 0.0323. The van der Waals surface area contributed by atoms with Crippen molar-refractivity contribution in [3.8, 4) is 0 Å². The molecule has 0 radical (unpaired) electrons. The number of anilines is 1. The first kappa shape index (κ1) is 58.9. The van der Waals surface area contributed by atoms with Crippen LogP contribution in [0.5, 0.6) is 0 Å². The van der Waals surface area contributed by atoms with Gasteiger partial charge in [0.2, 0.25) is 23.6 Å². The van der Waals surface area contributed by atoms with E-state index in [1.165, 1.54) is 4.90 Å². The Hall–Kier alpha value is -5.19. The van der Waals surface area contributed by atoms with Gasteiger partial charge in [0.1, 0.15) is 61.3 Å². The number of aliphatic hydroxyl groups is 10. The Balaban J connectivity index is 2.34. The number of aliphatic hydroxyl groups excluding tert-OH is 10. The fraction of sp³-hybridized carbons (Fsp3) is 0.651. The maximum Gasteiger partial charge on any atom is 0.312 e. The maximum absolute atomic E-state index is 14.1. The summed E-state index contributed by atoms with van der Waals surface area (Å²) in [4.78, 5) is 92.3. The first-order chi connectivity index (χ1) is 32.0. The monoisotopic (exact) mass is 970 g/mol. The standard InChI is InChI=1S/C43H70N8O17/c1-4-24-10-12-25(13-11-24)46-40(65)27(9-7-16-45-43(44)68)48-42(67)35(23(2)3)49-41(66)26(47-32(58)20-51-33(59)14-15-34(51)60)8-5-6-17-50(18-28(54)36(61)38(63)30(56)21-52)19-29(55)37(62)39(64)31(57)22-53/h10-15,23,26-31,35-39,52-57,61-64H,4-9,16-22H2,1-3H3,(H,46,65)(H,47,58)(H,48,67)(H,49,66)(H3,44,45,68)/t26-,27-,28-,29-,30+,31+,35-,36+,37+,38+,39+/m0/s1. The van der Waals surface area contributed by atoms with E-state index in [1.54, 1.807) is 26.0 Å². The van der Waals surface area contributed by atoms with E-state index in [0.29, 0.717) is 10.6 Å². The summed E-state index contributed by atoms with van der Waals surface area (Å²) in [6, 6.07) is 2.31. The molecule has 1 aliphatic heterocycles. The van der Waals surface area contributed by atoms with Crippen LogP contribution in [0.1, 0.15) is 58.4 Å². The van der Waals surface area contributed by atoms with Crippen molar-refractivity contribution < 1.29 is 84.6 Å². The lowest BCUT2D eigenvalue weighted by Gasteiger charge is -2.33. The van der Waals surface area contributed by atoms with Gasteiger partial charge in [0, 0.05) is 37.5 Å². The van der Waals surface area contributed by atoms with Crippen molar-refractivity contribution in [3.05, 3.63) is 42.0 Å². The number of rotatable bonds is 32. The quantitative estimate of drug-likeness (QED) is 0.0236. The summed E-state index contributed by atoms with van der Waals surface area (Å²) in [7, 11) is 0. The largest absolute Gasteiger partial charge is 0.394 e. The number of hydrogen-bond acceptors (Lipinski definition) is 18. The van der Waals surface area contributed by atoms with Crippen molar-refractivity contribution in [2.75, 3.05) is 51.3 Å². The third kappa shape index (κ3) is 19.4. The number of primary amides is 1. The van der Waals surface area contributed by atoms with Crippen molar-refractivity contribution in [2.45, 2.75) is 126 Å². The second-order valence-corrected chi connectivity index (χ2v) is 16.8. The number of nitrogens with two attached hydrogens (primary N) is 1. The van der Waals surface area contributed by atoms with Crippen LogP contribution in [0.3, 0.4) is 0 Å². The topological polar surface area (TPSA) is 414 Å².